The van der Waals surface area contributed by atoms with Crippen molar-refractivity contribution in [3.63, 3.8) is 0 Å². The predicted octanol–water partition coefficient (Wildman–Crippen LogP) is 2.57. The monoisotopic (exact) mass is 342 g/mol. The molecule has 1 heterocycles. The van der Waals surface area contributed by atoms with E-state index < -0.39 is 11.0 Å². The van der Waals surface area contributed by atoms with Crippen LogP contribution in [0.25, 0.3) is 0 Å². The number of nitrogens with zero attached hydrogens (tertiary/aromatic N) is 2. The van der Waals surface area contributed by atoms with E-state index in [1.54, 1.807) is 41.3 Å². The summed E-state index contributed by atoms with van der Waals surface area (Å²) in [6, 6.07) is 15.1. The average molecular weight is 342 g/mol. The molecule has 0 aliphatic carbocycles. The molecule has 0 bridgehead atoms. The lowest BCUT2D eigenvalue weighted by Gasteiger charge is -2.30. The number of nitro benzene ring substituents is 1. The highest BCUT2D eigenvalue weighted by Crippen LogP contribution is 2.31. The van der Waals surface area contributed by atoms with Crippen molar-refractivity contribution >= 4 is 11.6 Å². The maximum absolute atomic E-state index is 13.0. The highest BCUT2D eigenvalue weighted by atomic mass is 16.6. The molecule has 1 atom stereocenters. The molecule has 1 aliphatic heterocycles. The standard InChI is InChI=1S/C18H18N2O5/c21-18(19-10-12-24-13-11-19)17(14-6-2-1-3-7-14)25-16-9-5-4-8-15(16)20(22)23/h1-9,17H,10-13H2/t17-/m1/s1. The number of carbonyl (C=O) groups is 1. The predicted molar refractivity (Wildman–Crippen MR) is 90.3 cm³/mol. The number of carbonyl (C=O) groups excluding carboxylic acids is 1. The zero-order valence-electron chi connectivity index (χ0n) is 13.5. The van der Waals surface area contributed by atoms with Crippen LogP contribution in [0, 0.1) is 10.1 Å². The number of nitro groups is 1. The SMILES string of the molecule is O=C([C@H](Oc1ccccc1[N+](=O)[O-])c1ccccc1)N1CCOCC1. The summed E-state index contributed by atoms with van der Waals surface area (Å²) in [6.45, 7) is 1.89. The summed E-state index contributed by atoms with van der Waals surface area (Å²) in [6.07, 6.45) is -0.944. The zero-order chi connectivity index (χ0) is 17.6. The van der Waals surface area contributed by atoms with Crippen LogP contribution in [0.4, 0.5) is 5.69 Å². The zero-order valence-corrected chi connectivity index (χ0v) is 13.5. The molecule has 7 nitrogen and oxygen atoms in total. The molecule has 0 aromatic heterocycles. The summed E-state index contributed by atoms with van der Waals surface area (Å²) in [5.74, 6) is -0.157. The highest BCUT2D eigenvalue weighted by Gasteiger charge is 2.30. The van der Waals surface area contributed by atoms with Gasteiger partial charge in [0.15, 0.2) is 5.75 Å². The maximum Gasteiger partial charge on any atom is 0.310 e. The molecule has 0 saturated carbocycles. The van der Waals surface area contributed by atoms with Gasteiger partial charge in [-0.15, -0.1) is 0 Å². The van der Waals surface area contributed by atoms with E-state index in [9.17, 15) is 14.9 Å². The molecule has 1 amide bonds. The number of morpholine rings is 1. The molecule has 0 unspecified atom stereocenters. The van der Waals surface area contributed by atoms with E-state index in [2.05, 4.69) is 0 Å². The van der Waals surface area contributed by atoms with Crippen LogP contribution in [-0.4, -0.2) is 42.0 Å². The lowest BCUT2D eigenvalue weighted by molar-refractivity contribution is -0.386. The van der Waals surface area contributed by atoms with Gasteiger partial charge in [-0.25, -0.2) is 0 Å². The van der Waals surface area contributed by atoms with Crippen molar-refractivity contribution < 1.29 is 19.2 Å². The molecular weight excluding hydrogens is 324 g/mol. The summed E-state index contributed by atoms with van der Waals surface area (Å²) >= 11 is 0. The summed E-state index contributed by atoms with van der Waals surface area (Å²) in [4.78, 5) is 25.3. The number of para-hydroxylation sites is 2. The first kappa shape index (κ1) is 16.9. The number of hydrogen-bond donors (Lipinski definition) is 0. The van der Waals surface area contributed by atoms with Gasteiger partial charge in [-0.1, -0.05) is 42.5 Å². The van der Waals surface area contributed by atoms with Gasteiger partial charge in [0.05, 0.1) is 18.1 Å². The van der Waals surface area contributed by atoms with Crippen LogP contribution >= 0.6 is 0 Å². The Bertz CT molecular complexity index is 744. The first-order chi connectivity index (χ1) is 12.2. The van der Waals surface area contributed by atoms with E-state index in [0.29, 0.717) is 31.9 Å². The Hall–Kier alpha value is -2.93. The molecule has 130 valence electrons. The minimum Gasteiger partial charge on any atom is -0.469 e. The Balaban J connectivity index is 1.92. The molecule has 1 saturated heterocycles. The van der Waals surface area contributed by atoms with Gasteiger partial charge < -0.3 is 14.4 Å². The van der Waals surface area contributed by atoms with Crippen molar-refractivity contribution in [3.8, 4) is 5.75 Å². The molecule has 2 aromatic carbocycles. The van der Waals surface area contributed by atoms with Gasteiger partial charge in [-0.3, -0.25) is 14.9 Å². The van der Waals surface area contributed by atoms with Crippen LogP contribution in [0.3, 0.4) is 0 Å². The largest absolute Gasteiger partial charge is 0.469 e. The minimum atomic E-state index is -0.944. The lowest BCUT2D eigenvalue weighted by Crippen LogP contribution is -2.44. The van der Waals surface area contributed by atoms with Gasteiger partial charge in [0.1, 0.15) is 0 Å². The summed E-state index contributed by atoms with van der Waals surface area (Å²) in [5.41, 5.74) is 0.482. The van der Waals surface area contributed by atoms with Gasteiger partial charge in [-0.2, -0.15) is 0 Å². The molecule has 1 aliphatic rings. The number of amides is 1. The number of rotatable bonds is 5. The number of benzene rings is 2. The Morgan fingerprint density at radius 2 is 1.72 bits per heavy atom. The van der Waals surface area contributed by atoms with E-state index in [1.165, 1.54) is 12.1 Å². The van der Waals surface area contributed by atoms with Crippen LogP contribution in [0.1, 0.15) is 11.7 Å². The fraction of sp³-hybridized carbons (Fsp3) is 0.278. The lowest BCUT2D eigenvalue weighted by atomic mass is 10.1. The topological polar surface area (TPSA) is 81.9 Å². The molecule has 0 N–H and O–H groups in total. The van der Waals surface area contributed by atoms with Crippen LogP contribution in [0.2, 0.25) is 0 Å². The fourth-order valence-electron chi connectivity index (χ4n) is 2.67. The third-order valence-corrected chi connectivity index (χ3v) is 3.96. The first-order valence-corrected chi connectivity index (χ1v) is 7.98. The molecule has 7 heteroatoms. The fourth-order valence-corrected chi connectivity index (χ4v) is 2.67. The second-order valence-electron chi connectivity index (χ2n) is 5.57. The quantitative estimate of drug-likeness (QED) is 0.616. The second-order valence-corrected chi connectivity index (χ2v) is 5.57. The van der Waals surface area contributed by atoms with Crippen molar-refractivity contribution in [1.29, 1.82) is 0 Å². The van der Waals surface area contributed by atoms with E-state index in [0.717, 1.165) is 0 Å². The second kappa shape index (κ2) is 7.76. The Labute approximate surface area is 144 Å². The molecule has 3 rings (SSSR count). The van der Waals surface area contributed by atoms with E-state index in [-0.39, 0.29) is 17.3 Å². The summed E-state index contributed by atoms with van der Waals surface area (Å²) in [7, 11) is 0. The third kappa shape index (κ3) is 3.95. The average Bonchev–Trinajstić information content (AvgIpc) is 2.67. The molecular formula is C18H18N2O5. The number of hydrogen-bond acceptors (Lipinski definition) is 5. The molecule has 0 radical (unpaired) electrons. The van der Waals surface area contributed by atoms with Crippen molar-refractivity contribution in [1.82, 2.24) is 4.90 Å². The van der Waals surface area contributed by atoms with E-state index >= 15 is 0 Å². The van der Waals surface area contributed by atoms with E-state index in [1.807, 2.05) is 6.07 Å². The van der Waals surface area contributed by atoms with Crippen LogP contribution in [0.5, 0.6) is 5.75 Å². The summed E-state index contributed by atoms with van der Waals surface area (Å²) in [5, 5.41) is 11.2. The Morgan fingerprint density at radius 3 is 2.40 bits per heavy atom. The van der Waals surface area contributed by atoms with Crippen molar-refractivity contribution in [2.24, 2.45) is 0 Å². The van der Waals surface area contributed by atoms with Crippen molar-refractivity contribution in [2.45, 2.75) is 6.10 Å². The molecule has 2 aromatic rings. The van der Waals surface area contributed by atoms with Crippen LogP contribution in [-0.2, 0) is 9.53 Å². The molecule has 1 fully saturated rings. The van der Waals surface area contributed by atoms with Gasteiger partial charge in [-0.05, 0) is 6.07 Å². The Morgan fingerprint density at radius 1 is 1.08 bits per heavy atom. The highest BCUT2D eigenvalue weighted by molar-refractivity contribution is 5.83. The van der Waals surface area contributed by atoms with Gasteiger partial charge in [0.2, 0.25) is 6.10 Å². The smallest absolute Gasteiger partial charge is 0.310 e. The van der Waals surface area contributed by atoms with Crippen LogP contribution < -0.4 is 4.74 Å². The summed E-state index contributed by atoms with van der Waals surface area (Å²) < 4.78 is 11.1. The number of ether oxygens (including phenoxy) is 2. The van der Waals surface area contributed by atoms with Gasteiger partial charge in [0, 0.05) is 24.7 Å². The Kier molecular flexibility index (Phi) is 5.25. The van der Waals surface area contributed by atoms with E-state index in [4.69, 9.17) is 9.47 Å². The minimum absolute atomic E-state index is 0.0722. The molecule has 0 spiro atoms. The first-order valence-electron chi connectivity index (χ1n) is 7.98. The van der Waals surface area contributed by atoms with Gasteiger partial charge in [0.25, 0.3) is 5.91 Å². The van der Waals surface area contributed by atoms with Gasteiger partial charge >= 0.3 is 5.69 Å². The van der Waals surface area contributed by atoms with Crippen molar-refractivity contribution in [3.05, 3.63) is 70.3 Å². The normalized spacial score (nSPS) is 15.4. The van der Waals surface area contributed by atoms with Crippen molar-refractivity contribution in [2.75, 3.05) is 26.3 Å². The third-order valence-electron chi connectivity index (χ3n) is 3.96. The van der Waals surface area contributed by atoms with Crippen LogP contribution in [0.15, 0.2) is 54.6 Å². The maximum atomic E-state index is 13.0. The molecule has 25 heavy (non-hydrogen) atoms.